The molecule has 2 aromatic rings. The highest BCUT2D eigenvalue weighted by Crippen LogP contribution is 2.47. The zero-order chi connectivity index (χ0) is 27.5. The second-order valence-corrected chi connectivity index (χ2v) is 10.9. The van der Waals surface area contributed by atoms with Crippen LogP contribution in [0.3, 0.4) is 0 Å². The second-order valence-electron chi connectivity index (χ2n) is 9.17. The number of halogens is 1. The van der Waals surface area contributed by atoms with Gasteiger partial charge in [-0.3, -0.25) is 23.7 Å². The zero-order valence-corrected chi connectivity index (χ0v) is 21.9. The molecule has 1 saturated heterocycles. The van der Waals surface area contributed by atoms with E-state index in [4.69, 9.17) is 18.5 Å². The predicted octanol–water partition coefficient (Wildman–Crippen LogP) is 1.96. The third-order valence-corrected chi connectivity index (χ3v) is 7.18. The highest BCUT2D eigenvalue weighted by molar-refractivity contribution is 7.52. The monoisotopic (exact) mass is 543 g/mol. The number of aromatic amines is 1. The number of aryl methyl sites for hydroxylation is 1. The van der Waals surface area contributed by atoms with Crippen molar-refractivity contribution in [2.75, 3.05) is 6.61 Å². The van der Waals surface area contributed by atoms with Crippen molar-refractivity contribution in [1.82, 2.24) is 14.6 Å². The number of nitrogens with one attached hydrogen (secondary N) is 2. The van der Waals surface area contributed by atoms with E-state index >= 15 is 4.39 Å². The molecule has 3 rings (SSSR count). The number of rotatable bonds is 10. The predicted molar refractivity (Wildman–Crippen MR) is 130 cm³/mol. The average Bonchev–Trinajstić information content (AvgIpc) is 3.02. The van der Waals surface area contributed by atoms with Gasteiger partial charge in [0.15, 0.2) is 11.9 Å². The minimum atomic E-state index is -4.32. The molecule has 37 heavy (non-hydrogen) atoms. The Morgan fingerprint density at radius 3 is 2.51 bits per heavy atom. The fraction of sp³-hybridized carbons (Fsp3) is 0.522. The van der Waals surface area contributed by atoms with Crippen molar-refractivity contribution in [2.24, 2.45) is 0 Å². The van der Waals surface area contributed by atoms with Crippen molar-refractivity contribution in [2.45, 2.75) is 70.9 Å². The number of esters is 1. The first kappa shape index (κ1) is 28.7. The lowest BCUT2D eigenvalue weighted by Crippen LogP contribution is -2.43. The summed E-state index contributed by atoms with van der Waals surface area (Å²) in [6.07, 6.45) is -4.21. The first-order chi connectivity index (χ1) is 17.2. The van der Waals surface area contributed by atoms with Gasteiger partial charge < -0.3 is 19.1 Å². The molecule has 12 nitrogen and oxygen atoms in total. The van der Waals surface area contributed by atoms with Gasteiger partial charge in [0.25, 0.3) is 5.56 Å². The summed E-state index contributed by atoms with van der Waals surface area (Å²) in [6.45, 7) is 6.93. The Kier molecular flexibility index (Phi) is 8.76. The van der Waals surface area contributed by atoms with Gasteiger partial charge in [0.2, 0.25) is 0 Å². The number of aliphatic hydroxyl groups is 1. The maximum atomic E-state index is 15.5. The minimum absolute atomic E-state index is 0.159. The number of ether oxygens (including phenoxy) is 2. The van der Waals surface area contributed by atoms with E-state index in [0.29, 0.717) is 0 Å². The minimum Gasteiger partial charge on any atom is -0.462 e. The van der Waals surface area contributed by atoms with Crippen molar-refractivity contribution < 1.29 is 37.4 Å². The first-order valence-electron chi connectivity index (χ1n) is 11.5. The lowest BCUT2D eigenvalue weighted by molar-refractivity contribution is -0.149. The van der Waals surface area contributed by atoms with Crippen LogP contribution < -0.4 is 20.9 Å². The fourth-order valence-electron chi connectivity index (χ4n) is 3.59. The molecule has 0 bridgehead atoms. The topological polar surface area (TPSA) is 158 Å². The zero-order valence-electron chi connectivity index (χ0n) is 21.0. The number of nitrogens with zero attached hydrogens (tertiary/aromatic N) is 1. The molecular formula is C23H31FN3O9P. The maximum absolute atomic E-state index is 15.5. The molecule has 1 aliphatic heterocycles. The van der Waals surface area contributed by atoms with Gasteiger partial charge in [-0.2, -0.15) is 5.09 Å². The van der Waals surface area contributed by atoms with E-state index in [-0.39, 0.29) is 5.75 Å². The summed E-state index contributed by atoms with van der Waals surface area (Å²) < 4.78 is 51.6. The van der Waals surface area contributed by atoms with Crippen LogP contribution >= 0.6 is 7.75 Å². The Balaban J connectivity index is 1.81. The molecule has 1 aromatic carbocycles. The van der Waals surface area contributed by atoms with Crippen LogP contribution in [0.5, 0.6) is 5.75 Å². The number of benzene rings is 1. The first-order valence-corrected chi connectivity index (χ1v) is 13.1. The maximum Gasteiger partial charge on any atom is 0.459 e. The van der Waals surface area contributed by atoms with Gasteiger partial charge >= 0.3 is 19.4 Å². The number of alkyl halides is 1. The SMILES string of the molecule is Cc1ccc(OP(=O)(N[C@@H](C)C(=O)OC(C)C)OC[C@H]2O[C@@H](n3ccc(=O)[nH]c3=O)[C@](C)(F)[C@@H]2O)cc1. The van der Waals surface area contributed by atoms with E-state index in [0.717, 1.165) is 29.3 Å². The van der Waals surface area contributed by atoms with E-state index in [1.165, 1.54) is 6.92 Å². The number of H-pyrrole nitrogens is 1. The molecule has 2 heterocycles. The smallest absolute Gasteiger partial charge is 0.459 e. The van der Waals surface area contributed by atoms with Crippen LogP contribution in [0.15, 0.2) is 46.1 Å². The van der Waals surface area contributed by atoms with Crippen molar-refractivity contribution in [1.29, 1.82) is 0 Å². The molecular weight excluding hydrogens is 512 g/mol. The third-order valence-electron chi connectivity index (χ3n) is 5.53. The molecule has 0 aliphatic carbocycles. The van der Waals surface area contributed by atoms with Crippen LogP contribution in [-0.4, -0.2) is 57.3 Å². The number of carbonyl (C=O) groups is 1. The molecule has 1 aromatic heterocycles. The van der Waals surface area contributed by atoms with Crippen LogP contribution in [-0.2, 0) is 23.4 Å². The molecule has 6 atom stereocenters. The van der Waals surface area contributed by atoms with Crippen molar-refractivity contribution in [3.63, 3.8) is 0 Å². The molecule has 1 aliphatic rings. The summed E-state index contributed by atoms with van der Waals surface area (Å²) in [5.41, 5.74) is -3.20. The molecule has 0 spiro atoms. The molecule has 0 amide bonds. The second kappa shape index (κ2) is 11.3. The van der Waals surface area contributed by atoms with Gasteiger partial charge in [0.1, 0.15) is 24.0 Å². The van der Waals surface area contributed by atoms with Gasteiger partial charge in [-0.15, -0.1) is 0 Å². The summed E-state index contributed by atoms with van der Waals surface area (Å²) >= 11 is 0. The summed E-state index contributed by atoms with van der Waals surface area (Å²) in [7, 11) is -4.32. The fourth-order valence-corrected chi connectivity index (χ4v) is 5.09. The van der Waals surface area contributed by atoms with Crippen LogP contribution in [0, 0.1) is 6.92 Å². The van der Waals surface area contributed by atoms with Gasteiger partial charge in [0.05, 0.1) is 12.7 Å². The summed E-state index contributed by atoms with van der Waals surface area (Å²) in [6, 6.07) is 6.39. The van der Waals surface area contributed by atoms with Gasteiger partial charge in [-0.05, 0) is 46.8 Å². The number of hydrogen-bond acceptors (Lipinski definition) is 9. The Hall–Kier alpha value is -2.83. The number of carbonyl (C=O) groups excluding carboxylic acids is 1. The summed E-state index contributed by atoms with van der Waals surface area (Å²) in [5, 5.41) is 13.1. The molecule has 1 unspecified atom stereocenters. The van der Waals surface area contributed by atoms with E-state index in [9.17, 15) is 24.1 Å². The highest BCUT2D eigenvalue weighted by Gasteiger charge is 2.55. The Bertz CT molecular complexity index is 1260. The Morgan fingerprint density at radius 2 is 1.92 bits per heavy atom. The molecule has 0 radical (unpaired) electrons. The van der Waals surface area contributed by atoms with Crippen LogP contribution in [0.25, 0.3) is 0 Å². The van der Waals surface area contributed by atoms with Crippen molar-refractivity contribution in [3.05, 3.63) is 62.9 Å². The standard InChI is InChI=1S/C23H31FN3O9P/c1-13(2)34-20(30)15(4)26-37(32,36-16-8-6-14(3)7-9-16)33-12-17-19(29)23(5,24)21(35-17)27-11-10-18(28)25-22(27)31/h6-11,13,15,17,19,21,29H,12H2,1-5H3,(H,26,32)(H,25,28,31)/t15-,17+,19+,21+,23+,37?/m0/s1. The average molecular weight is 543 g/mol. The lowest BCUT2D eigenvalue weighted by atomic mass is 9.98. The normalized spacial score (nSPS) is 26.0. The quantitative estimate of drug-likeness (QED) is 0.299. The summed E-state index contributed by atoms with van der Waals surface area (Å²) in [4.78, 5) is 37.8. The van der Waals surface area contributed by atoms with E-state index < -0.39 is 67.8 Å². The highest BCUT2D eigenvalue weighted by atomic mass is 31.2. The number of aliphatic hydroxyl groups excluding tert-OH is 1. The Morgan fingerprint density at radius 1 is 1.27 bits per heavy atom. The van der Waals surface area contributed by atoms with Gasteiger partial charge in [0, 0.05) is 12.3 Å². The summed E-state index contributed by atoms with van der Waals surface area (Å²) in [5.74, 6) is -0.552. The van der Waals surface area contributed by atoms with E-state index in [1.54, 1.807) is 38.1 Å². The van der Waals surface area contributed by atoms with Crippen molar-refractivity contribution in [3.8, 4) is 5.75 Å². The van der Waals surface area contributed by atoms with Crippen LogP contribution in [0.4, 0.5) is 4.39 Å². The lowest BCUT2D eigenvalue weighted by Gasteiger charge is -2.25. The number of hydrogen-bond donors (Lipinski definition) is 3. The van der Waals surface area contributed by atoms with E-state index in [2.05, 4.69) is 5.09 Å². The number of aromatic nitrogens is 2. The van der Waals surface area contributed by atoms with Gasteiger partial charge in [-0.25, -0.2) is 13.8 Å². The van der Waals surface area contributed by atoms with Crippen LogP contribution in [0.2, 0.25) is 0 Å². The Labute approximate surface area is 212 Å². The largest absolute Gasteiger partial charge is 0.462 e. The van der Waals surface area contributed by atoms with Crippen molar-refractivity contribution >= 4 is 13.7 Å². The van der Waals surface area contributed by atoms with Gasteiger partial charge in [-0.1, -0.05) is 17.7 Å². The third kappa shape index (κ3) is 6.93. The van der Waals surface area contributed by atoms with Crippen LogP contribution in [0.1, 0.15) is 39.5 Å². The molecule has 1 fully saturated rings. The molecule has 14 heteroatoms. The molecule has 0 saturated carbocycles. The molecule has 3 N–H and O–H groups in total. The van der Waals surface area contributed by atoms with E-state index in [1.807, 2.05) is 11.9 Å². The molecule has 204 valence electrons.